The van der Waals surface area contributed by atoms with Crippen LogP contribution < -0.4 is 10.2 Å². The van der Waals surface area contributed by atoms with Crippen molar-refractivity contribution in [1.82, 2.24) is 10.5 Å². The van der Waals surface area contributed by atoms with Crippen LogP contribution in [0.3, 0.4) is 0 Å². The van der Waals surface area contributed by atoms with Gasteiger partial charge in [-0.15, -0.1) is 0 Å². The number of nitrogens with one attached hydrogen (secondary N) is 1. The van der Waals surface area contributed by atoms with Gasteiger partial charge in [0.25, 0.3) is 0 Å². The van der Waals surface area contributed by atoms with E-state index in [1.807, 2.05) is 60.7 Å². The number of amides is 1. The summed E-state index contributed by atoms with van der Waals surface area (Å²) in [6.07, 6.45) is 0.235. The number of rotatable bonds is 6. The fourth-order valence-corrected chi connectivity index (χ4v) is 2.43. The van der Waals surface area contributed by atoms with E-state index >= 15 is 0 Å². The lowest BCUT2D eigenvalue weighted by Crippen LogP contribution is -2.23. The molecule has 0 fully saturated rings. The lowest BCUT2D eigenvalue weighted by atomic mass is 10.1. The summed E-state index contributed by atoms with van der Waals surface area (Å²) >= 11 is 0. The average Bonchev–Trinajstić information content (AvgIpc) is 2.60. The Morgan fingerprint density at radius 2 is 1.96 bits per heavy atom. The van der Waals surface area contributed by atoms with Gasteiger partial charge in [0.15, 0.2) is 0 Å². The van der Waals surface area contributed by atoms with Crippen molar-refractivity contribution in [2.45, 2.75) is 13.0 Å². The van der Waals surface area contributed by atoms with Gasteiger partial charge in [-0.3, -0.25) is 9.63 Å². The third kappa shape index (κ3) is 4.08. The van der Waals surface area contributed by atoms with Gasteiger partial charge < -0.3 is 4.74 Å². The van der Waals surface area contributed by atoms with Crippen LogP contribution in [0.25, 0.3) is 10.9 Å². The number of carbonyl (C=O) groups excluding carboxylic acids is 1. The lowest BCUT2D eigenvalue weighted by Gasteiger charge is -2.08. The van der Waals surface area contributed by atoms with Crippen molar-refractivity contribution in [2.75, 3.05) is 7.11 Å². The van der Waals surface area contributed by atoms with Crippen LogP contribution in [0.4, 0.5) is 0 Å². The molecule has 0 aliphatic rings. The number of carbonyl (C=O) groups is 1. The van der Waals surface area contributed by atoms with Crippen LogP contribution in [0, 0.1) is 0 Å². The smallest absolute Gasteiger partial charge is 0.247 e. The summed E-state index contributed by atoms with van der Waals surface area (Å²) in [7, 11) is 1.41. The van der Waals surface area contributed by atoms with E-state index < -0.39 is 0 Å². The normalized spacial score (nSPS) is 10.5. The van der Waals surface area contributed by atoms with Crippen LogP contribution in [0.1, 0.15) is 11.3 Å². The summed E-state index contributed by atoms with van der Waals surface area (Å²) in [6, 6.07) is 19.4. The van der Waals surface area contributed by atoms with Crippen LogP contribution >= 0.6 is 0 Å². The minimum atomic E-state index is -0.203. The molecule has 0 bridgehead atoms. The molecule has 24 heavy (non-hydrogen) atoms. The molecule has 5 nitrogen and oxygen atoms in total. The molecule has 5 heteroatoms. The van der Waals surface area contributed by atoms with Gasteiger partial charge in [0.05, 0.1) is 24.7 Å². The van der Waals surface area contributed by atoms with Crippen molar-refractivity contribution >= 4 is 16.8 Å². The van der Waals surface area contributed by atoms with Crippen LogP contribution in [0.15, 0.2) is 60.7 Å². The van der Waals surface area contributed by atoms with E-state index in [1.54, 1.807) is 0 Å². The molecular weight excluding hydrogens is 304 g/mol. The number of hydrogen-bond acceptors (Lipinski definition) is 4. The molecule has 0 aliphatic heterocycles. The molecule has 0 unspecified atom stereocenters. The summed E-state index contributed by atoms with van der Waals surface area (Å²) < 4.78 is 5.80. The van der Waals surface area contributed by atoms with Gasteiger partial charge in [-0.05, 0) is 29.8 Å². The van der Waals surface area contributed by atoms with Crippen molar-refractivity contribution < 1.29 is 14.4 Å². The molecule has 0 aliphatic carbocycles. The molecule has 0 radical (unpaired) electrons. The summed E-state index contributed by atoms with van der Waals surface area (Å²) in [4.78, 5) is 20.7. The van der Waals surface area contributed by atoms with E-state index in [0.717, 1.165) is 22.2 Å². The second-order valence-electron chi connectivity index (χ2n) is 5.34. The van der Waals surface area contributed by atoms with Gasteiger partial charge in [0, 0.05) is 5.39 Å². The molecule has 1 aromatic heterocycles. The van der Waals surface area contributed by atoms with Gasteiger partial charge >= 0.3 is 0 Å². The summed E-state index contributed by atoms with van der Waals surface area (Å²) in [5, 5.41) is 1.10. The second kappa shape index (κ2) is 7.57. The maximum atomic E-state index is 11.5. The zero-order chi connectivity index (χ0) is 16.8. The monoisotopic (exact) mass is 322 g/mol. The van der Waals surface area contributed by atoms with Gasteiger partial charge in [0.2, 0.25) is 5.91 Å². The summed E-state index contributed by atoms with van der Waals surface area (Å²) in [6.45, 7) is 0.374. The molecule has 1 heterocycles. The van der Waals surface area contributed by atoms with Crippen molar-refractivity contribution in [3.63, 3.8) is 0 Å². The first-order chi connectivity index (χ1) is 11.7. The third-order valence-electron chi connectivity index (χ3n) is 3.52. The van der Waals surface area contributed by atoms with Gasteiger partial charge in [-0.25, -0.2) is 10.5 Å². The fourth-order valence-electron chi connectivity index (χ4n) is 2.43. The standard InChI is InChI=1S/C19H18N2O3/c1-23-21-19(22)12-14-5-4-7-17(11-14)24-13-16-10-9-15-6-2-3-8-18(15)20-16/h2-11H,12-13H2,1H3,(H,21,22). The zero-order valence-electron chi connectivity index (χ0n) is 13.4. The molecule has 3 aromatic rings. The minimum absolute atomic E-state index is 0.203. The van der Waals surface area contributed by atoms with Crippen LogP contribution in [-0.2, 0) is 22.7 Å². The summed E-state index contributed by atoms with van der Waals surface area (Å²) in [5.41, 5.74) is 4.96. The van der Waals surface area contributed by atoms with E-state index in [9.17, 15) is 4.79 Å². The molecule has 0 saturated heterocycles. The molecule has 3 rings (SSSR count). The summed E-state index contributed by atoms with van der Waals surface area (Å²) in [5.74, 6) is 0.499. The predicted octanol–water partition coefficient (Wildman–Crippen LogP) is 3.03. The SMILES string of the molecule is CONC(=O)Cc1cccc(OCc2ccc3ccccc3n2)c1. The maximum absolute atomic E-state index is 11.5. The fraction of sp³-hybridized carbons (Fsp3) is 0.158. The Labute approximate surface area is 140 Å². The van der Waals surface area contributed by atoms with Gasteiger partial charge in [0.1, 0.15) is 12.4 Å². The molecule has 2 aromatic carbocycles. The lowest BCUT2D eigenvalue weighted by molar-refractivity contribution is -0.130. The first kappa shape index (κ1) is 16.0. The second-order valence-corrected chi connectivity index (χ2v) is 5.34. The van der Waals surface area contributed by atoms with Gasteiger partial charge in [-0.1, -0.05) is 36.4 Å². The molecule has 122 valence electrons. The topological polar surface area (TPSA) is 60.5 Å². The Morgan fingerprint density at radius 3 is 2.83 bits per heavy atom. The van der Waals surface area contributed by atoms with E-state index in [4.69, 9.17) is 4.74 Å². The number of benzene rings is 2. The number of ether oxygens (including phenoxy) is 1. The number of nitrogens with zero attached hydrogens (tertiary/aromatic N) is 1. The highest BCUT2D eigenvalue weighted by Gasteiger charge is 2.05. The first-order valence-corrected chi connectivity index (χ1v) is 7.63. The van der Waals surface area contributed by atoms with Crippen LogP contribution in [-0.4, -0.2) is 18.0 Å². The average molecular weight is 322 g/mol. The Hall–Kier alpha value is -2.92. The highest BCUT2D eigenvalue weighted by Crippen LogP contribution is 2.17. The Bertz CT molecular complexity index is 849. The quantitative estimate of drug-likeness (QED) is 0.709. The maximum Gasteiger partial charge on any atom is 0.247 e. The Balaban J connectivity index is 1.66. The molecule has 0 saturated carbocycles. The highest BCUT2D eigenvalue weighted by molar-refractivity contribution is 5.78. The number of aromatic nitrogens is 1. The number of fused-ring (bicyclic) bond motifs is 1. The molecule has 0 atom stereocenters. The van der Waals surface area contributed by atoms with Crippen molar-refractivity contribution in [3.05, 3.63) is 71.9 Å². The first-order valence-electron chi connectivity index (χ1n) is 7.63. The Morgan fingerprint density at radius 1 is 1.08 bits per heavy atom. The highest BCUT2D eigenvalue weighted by atomic mass is 16.6. The third-order valence-corrected chi connectivity index (χ3v) is 3.52. The Kier molecular flexibility index (Phi) is 5.03. The van der Waals surface area contributed by atoms with Crippen molar-refractivity contribution in [1.29, 1.82) is 0 Å². The molecule has 1 N–H and O–H groups in total. The van der Waals surface area contributed by atoms with E-state index in [1.165, 1.54) is 7.11 Å². The molecule has 1 amide bonds. The van der Waals surface area contributed by atoms with Crippen molar-refractivity contribution in [3.8, 4) is 5.75 Å². The number of pyridine rings is 1. The number of para-hydroxylation sites is 1. The zero-order valence-corrected chi connectivity index (χ0v) is 13.4. The minimum Gasteiger partial charge on any atom is -0.487 e. The molecular formula is C19H18N2O3. The largest absolute Gasteiger partial charge is 0.487 e. The van der Waals surface area contributed by atoms with Crippen molar-refractivity contribution in [2.24, 2.45) is 0 Å². The number of hydrogen-bond donors (Lipinski definition) is 1. The van der Waals surface area contributed by atoms with E-state index in [0.29, 0.717) is 12.4 Å². The van der Waals surface area contributed by atoms with Crippen LogP contribution in [0.5, 0.6) is 5.75 Å². The van der Waals surface area contributed by atoms with Crippen LogP contribution in [0.2, 0.25) is 0 Å². The number of hydroxylamine groups is 1. The molecule has 0 spiro atoms. The van der Waals surface area contributed by atoms with E-state index in [-0.39, 0.29) is 12.3 Å². The predicted molar refractivity (Wildman–Crippen MR) is 91.4 cm³/mol. The van der Waals surface area contributed by atoms with E-state index in [2.05, 4.69) is 15.3 Å². The van der Waals surface area contributed by atoms with Gasteiger partial charge in [-0.2, -0.15) is 0 Å².